The summed E-state index contributed by atoms with van der Waals surface area (Å²) in [6, 6.07) is 3.44. The summed E-state index contributed by atoms with van der Waals surface area (Å²) in [4.78, 5) is 11.3. The highest BCUT2D eigenvalue weighted by Crippen LogP contribution is 2.18. The SMILES string of the molecule is NCCCCC(=O)Nc1c(F)cccc1F. The van der Waals surface area contributed by atoms with E-state index in [4.69, 9.17) is 5.73 Å². The molecule has 88 valence electrons. The highest BCUT2D eigenvalue weighted by atomic mass is 19.1. The summed E-state index contributed by atoms with van der Waals surface area (Å²) in [5.74, 6) is -1.95. The molecule has 0 aliphatic carbocycles. The number of hydrogen-bond acceptors (Lipinski definition) is 2. The number of carbonyl (C=O) groups is 1. The molecular formula is C11H14F2N2O. The lowest BCUT2D eigenvalue weighted by molar-refractivity contribution is -0.116. The minimum absolute atomic E-state index is 0.213. The number of benzene rings is 1. The molecular weight excluding hydrogens is 214 g/mol. The number of anilines is 1. The van der Waals surface area contributed by atoms with Crippen LogP contribution in [0.1, 0.15) is 19.3 Å². The number of carbonyl (C=O) groups excluding carboxylic acids is 1. The van der Waals surface area contributed by atoms with Crippen LogP contribution in [0.2, 0.25) is 0 Å². The fourth-order valence-electron chi connectivity index (χ4n) is 1.25. The Morgan fingerprint density at radius 2 is 1.88 bits per heavy atom. The minimum atomic E-state index is -0.771. The van der Waals surface area contributed by atoms with E-state index >= 15 is 0 Å². The van der Waals surface area contributed by atoms with Gasteiger partial charge in [-0.15, -0.1) is 0 Å². The van der Waals surface area contributed by atoms with Gasteiger partial charge in [0.15, 0.2) is 0 Å². The predicted octanol–water partition coefficient (Wildman–Crippen LogP) is 2.03. The largest absolute Gasteiger partial charge is 0.330 e. The van der Waals surface area contributed by atoms with Crippen molar-refractivity contribution in [3.05, 3.63) is 29.8 Å². The lowest BCUT2D eigenvalue weighted by Crippen LogP contribution is -2.14. The molecule has 0 aliphatic heterocycles. The summed E-state index contributed by atoms with van der Waals surface area (Å²) in [5, 5.41) is 2.21. The predicted molar refractivity (Wildman–Crippen MR) is 57.9 cm³/mol. The van der Waals surface area contributed by atoms with Gasteiger partial charge in [0.2, 0.25) is 5.91 Å². The summed E-state index contributed by atoms with van der Waals surface area (Å²) in [5.41, 5.74) is 4.88. The van der Waals surface area contributed by atoms with Crippen molar-refractivity contribution in [3.63, 3.8) is 0 Å². The zero-order chi connectivity index (χ0) is 12.0. The number of para-hydroxylation sites is 1. The molecule has 1 rings (SSSR count). The number of amides is 1. The number of rotatable bonds is 5. The monoisotopic (exact) mass is 228 g/mol. The molecule has 0 unspecified atom stereocenters. The zero-order valence-electron chi connectivity index (χ0n) is 8.80. The molecule has 0 aliphatic rings. The Morgan fingerprint density at radius 1 is 1.25 bits per heavy atom. The van der Waals surface area contributed by atoms with Crippen LogP contribution in [0.15, 0.2) is 18.2 Å². The summed E-state index contributed by atoms with van der Waals surface area (Å²) < 4.78 is 26.2. The molecule has 1 amide bonds. The van der Waals surface area contributed by atoms with Crippen molar-refractivity contribution in [2.75, 3.05) is 11.9 Å². The zero-order valence-corrected chi connectivity index (χ0v) is 8.80. The molecule has 0 radical (unpaired) electrons. The molecule has 16 heavy (non-hydrogen) atoms. The van der Waals surface area contributed by atoms with E-state index in [2.05, 4.69) is 5.32 Å². The fraction of sp³-hybridized carbons (Fsp3) is 0.364. The van der Waals surface area contributed by atoms with Crippen molar-refractivity contribution in [3.8, 4) is 0 Å². The Morgan fingerprint density at radius 3 is 2.44 bits per heavy atom. The third-order valence-electron chi connectivity index (χ3n) is 2.09. The quantitative estimate of drug-likeness (QED) is 0.757. The topological polar surface area (TPSA) is 55.1 Å². The number of nitrogens with one attached hydrogen (secondary N) is 1. The first kappa shape index (κ1) is 12.6. The van der Waals surface area contributed by atoms with E-state index in [0.29, 0.717) is 19.4 Å². The molecule has 0 saturated carbocycles. The van der Waals surface area contributed by atoms with Crippen LogP contribution in [0.25, 0.3) is 0 Å². The molecule has 5 heteroatoms. The van der Waals surface area contributed by atoms with E-state index in [-0.39, 0.29) is 12.1 Å². The maximum absolute atomic E-state index is 13.1. The van der Waals surface area contributed by atoms with Crippen LogP contribution >= 0.6 is 0 Å². The van der Waals surface area contributed by atoms with E-state index in [1.165, 1.54) is 6.07 Å². The molecule has 3 nitrogen and oxygen atoms in total. The van der Waals surface area contributed by atoms with E-state index in [9.17, 15) is 13.6 Å². The first-order chi connectivity index (χ1) is 7.65. The van der Waals surface area contributed by atoms with Crippen molar-refractivity contribution in [2.45, 2.75) is 19.3 Å². The van der Waals surface area contributed by atoms with Crippen molar-refractivity contribution >= 4 is 11.6 Å². The Kier molecular flexibility index (Phi) is 4.85. The standard InChI is InChI=1S/C11H14F2N2O/c12-8-4-3-5-9(13)11(8)15-10(16)6-1-2-7-14/h3-5H,1-2,6-7,14H2,(H,15,16). The molecule has 0 saturated heterocycles. The normalized spacial score (nSPS) is 10.2. The molecule has 3 N–H and O–H groups in total. The second-order valence-corrected chi connectivity index (χ2v) is 3.39. The van der Waals surface area contributed by atoms with Crippen LogP contribution in [0, 0.1) is 11.6 Å². The lowest BCUT2D eigenvalue weighted by Gasteiger charge is -2.06. The van der Waals surface area contributed by atoms with Gasteiger partial charge in [0, 0.05) is 6.42 Å². The lowest BCUT2D eigenvalue weighted by atomic mass is 10.2. The maximum Gasteiger partial charge on any atom is 0.224 e. The van der Waals surface area contributed by atoms with Gasteiger partial charge in [-0.05, 0) is 31.5 Å². The summed E-state index contributed by atoms with van der Waals surface area (Å²) in [6.45, 7) is 0.501. The number of nitrogens with two attached hydrogens (primary N) is 1. The Hall–Kier alpha value is -1.49. The Balaban J connectivity index is 2.56. The van der Waals surface area contributed by atoms with Gasteiger partial charge < -0.3 is 11.1 Å². The molecule has 1 aromatic carbocycles. The van der Waals surface area contributed by atoms with Crippen LogP contribution < -0.4 is 11.1 Å². The first-order valence-corrected chi connectivity index (χ1v) is 5.09. The number of hydrogen-bond donors (Lipinski definition) is 2. The average molecular weight is 228 g/mol. The van der Waals surface area contributed by atoms with Crippen LogP contribution in [-0.2, 0) is 4.79 Å². The molecule has 0 bridgehead atoms. The Labute approximate surface area is 92.6 Å². The van der Waals surface area contributed by atoms with E-state index in [1.807, 2.05) is 0 Å². The first-order valence-electron chi connectivity index (χ1n) is 5.09. The van der Waals surface area contributed by atoms with Crippen molar-refractivity contribution < 1.29 is 13.6 Å². The molecule has 1 aromatic rings. The van der Waals surface area contributed by atoms with Gasteiger partial charge in [0.25, 0.3) is 0 Å². The van der Waals surface area contributed by atoms with E-state index in [1.54, 1.807) is 0 Å². The Bertz CT molecular complexity index is 349. The van der Waals surface area contributed by atoms with Gasteiger partial charge in [0.05, 0.1) is 0 Å². The van der Waals surface area contributed by atoms with Gasteiger partial charge in [-0.3, -0.25) is 4.79 Å². The van der Waals surface area contributed by atoms with Gasteiger partial charge in [0.1, 0.15) is 17.3 Å². The summed E-state index contributed by atoms with van der Waals surface area (Å²) in [7, 11) is 0. The molecule has 0 aromatic heterocycles. The second-order valence-electron chi connectivity index (χ2n) is 3.39. The van der Waals surface area contributed by atoms with Gasteiger partial charge in [-0.2, -0.15) is 0 Å². The van der Waals surface area contributed by atoms with Crippen LogP contribution in [0.4, 0.5) is 14.5 Å². The number of halogens is 2. The van der Waals surface area contributed by atoms with Gasteiger partial charge >= 0.3 is 0 Å². The number of unbranched alkanes of at least 4 members (excludes halogenated alkanes) is 1. The average Bonchev–Trinajstić information content (AvgIpc) is 2.24. The smallest absolute Gasteiger partial charge is 0.224 e. The van der Waals surface area contributed by atoms with Crippen LogP contribution in [0.5, 0.6) is 0 Å². The highest BCUT2D eigenvalue weighted by Gasteiger charge is 2.11. The fourth-order valence-corrected chi connectivity index (χ4v) is 1.25. The minimum Gasteiger partial charge on any atom is -0.330 e. The van der Waals surface area contributed by atoms with Crippen molar-refractivity contribution in [1.29, 1.82) is 0 Å². The summed E-state index contributed by atoms with van der Waals surface area (Å²) >= 11 is 0. The van der Waals surface area contributed by atoms with Gasteiger partial charge in [-0.1, -0.05) is 6.07 Å². The maximum atomic E-state index is 13.1. The molecule has 0 atom stereocenters. The van der Waals surface area contributed by atoms with Crippen molar-refractivity contribution in [2.24, 2.45) is 5.73 Å². The van der Waals surface area contributed by atoms with Crippen LogP contribution in [0.3, 0.4) is 0 Å². The van der Waals surface area contributed by atoms with E-state index in [0.717, 1.165) is 12.1 Å². The molecule has 0 fully saturated rings. The summed E-state index contributed by atoms with van der Waals surface area (Å²) in [6.07, 6.45) is 1.54. The van der Waals surface area contributed by atoms with E-state index < -0.39 is 17.5 Å². The van der Waals surface area contributed by atoms with Crippen molar-refractivity contribution in [1.82, 2.24) is 0 Å². The molecule has 0 spiro atoms. The molecule has 0 heterocycles. The third kappa shape index (κ3) is 3.58. The van der Waals surface area contributed by atoms with Crippen LogP contribution in [-0.4, -0.2) is 12.5 Å². The van der Waals surface area contributed by atoms with Gasteiger partial charge in [-0.25, -0.2) is 8.78 Å². The highest BCUT2D eigenvalue weighted by molar-refractivity contribution is 5.90. The third-order valence-corrected chi connectivity index (χ3v) is 2.09. The second kappa shape index (κ2) is 6.17.